The van der Waals surface area contributed by atoms with Crippen LogP contribution in [-0.4, -0.2) is 36.2 Å². The van der Waals surface area contributed by atoms with E-state index in [9.17, 15) is 18.3 Å². The molecule has 1 aliphatic carbocycles. The second-order valence-electron chi connectivity index (χ2n) is 5.38. The quantitative estimate of drug-likeness (QED) is 0.749. The van der Waals surface area contributed by atoms with Crippen LogP contribution < -0.4 is 4.72 Å². The van der Waals surface area contributed by atoms with Gasteiger partial charge in [-0.05, 0) is 26.7 Å². The third kappa shape index (κ3) is 2.57. The van der Waals surface area contributed by atoms with Gasteiger partial charge in [0.15, 0.2) is 0 Å². The van der Waals surface area contributed by atoms with Crippen LogP contribution in [0.2, 0.25) is 0 Å². The zero-order valence-electron chi connectivity index (χ0n) is 11.6. The molecule has 0 bridgehead atoms. The minimum Gasteiger partial charge on any atom is -0.481 e. The summed E-state index contributed by atoms with van der Waals surface area (Å²) in [6, 6.07) is 0. The highest BCUT2D eigenvalue weighted by Gasteiger charge is 2.42. The van der Waals surface area contributed by atoms with E-state index < -0.39 is 21.4 Å². The molecule has 1 aromatic rings. The van der Waals surface area contributed by atoms with Gasteiger partial charge in [0.05, 0.1) is 16.8 Å². The van der Waals surface area contributed by atoms with Gasteiger partial charge in [0.1, 0.15) is 4.90 Å². The van der Waals surface area contributed by atoms with Gasteiger partial charge in [0, 0.05) is 6.54 Å². The Hall–Kier alpha value is -1.41. The molecule has 1 saturated carbocycles. The first-order chi connectivity index (χ1) is 9.28. The van der Waals surface area contributed by atoms with Gasteiger partial charge < -0.3 is 5.11 Å². The molecule has 0 aromatic carbocycles. The van der Waals surface area contributed by atoms with Crippen LogP contribution >= 0.6 is 0 Å². The lowest BCUT2D eigenvalue weighted by Gasteiger charge is -2.23. The van der Waals surface area contributed by atoms with Gasteiger partial charge in [-0.15, -0.1) is 0 Å². The van der Waals surface area contributed by atoms with E-state index in [1.54, 1.807) is 13.8 Å². The third-order valence-electron chi connectivity index (χ3n) is 3.94. The molecule has 1 aromatic heterocycles. The Morgan fingerprint density at radius 2 is 2.00 bits per heavy atom. The fourth-order valence-electron chi connectivity index (χ4n) is 2.76. The summed E-state index contributed by atoms with van der Waals surface area (Å²) in [6.45, 7) is 3.15. The van der Waals surface area contributed by atoms with E-state index in [0.717, 1.165) is 12.8 Å². The second kappa shape index (κ2) is 5.17. The molecule has 2 rings (SSSR count). The zero-order valence-corrected chi connectivity index (χ0v) is 12.4. The molecular weight excluding hydrogens is 282 g/mol. The molecule has 1 fully saturated rings. The molecule has 1 heterocycles. The van der Waals surface area contributed by atoms with Crippen molar-refractivity contribution in [2.45, 2.75) is 44.4 Å². The topological polar surface area (TPSA) is 112 Å². The van der Waals surface area contributed by atoms with Gasteiger partial charge in [-0.2, -0.15) is 5.10 Å². The van der Waals surface area contributed by atoms with E-state index in [1.807, 2.05) is 0 Å². The summed E-state index contributed by atoms with van der Waals surface area (Å²) in [5.41, 5.74) is -0.143. The molecule has 20 heavy (non-hydrogen) atoms. The van der Waals surface area contributed by atoms with Crippen molar-refractivity contribution in [1.29, 1.82) is 0 Å². The minimum atomic E-state index is -3.74. The van der Waals surface area contributed by atoms with Crippen LogP contribution in [0.15, 0.2) is 4.90 Å². The number of rotatable bonds is 5. The number of hydrogen-bond donors (Lipinski definition) is 3. The van der Waals surface area contributed by atoms with Gasteiger partial charge >= 0.3 is 5.97 Å². The third-order valence-corrected chi connectivity index (χ3v) is 5.61. The lowest BCUT2D eigenvalue weighted by molar-refractivity contribution is -0.148. The number of aromatic nitrogens is 2. The Kier molecular flexibility index (Phi) is 3.88. The maximum atomic E-state index is 12.3. The zero-order chi connectivity index (χ0) is 15.0. The van der Waals surface area contributed by atoms with Gasteiger partial charge in [0.2, 0.25) is 10.0 Å². The molecule has 1 aliphatic rings. The number of carbonyl (C=O) groups is 1. The number of aryl methyl sites for hydroxylation is 2. The Morgan fingerprint density at radius 3 is 2.45 bits per heavy atom. The smallest absolute Gasteiger partial charge is 0.310 e. The molecule has 7 nitrogen and oxygen atoms in total. The molecule has 0 spiro atoms. The average molecular weight is 301 g/mol. The first-order valence-corrected chi connectivity index (χ1v) is 8.01. The van der Waals surface area contributed by atoms with E-state index >= 15 is 0 Å². The molecule has 0 atom stereocenters. The number of nitrogens with zero attached hydrogens (tertiary/aromatic N) is 1. The van der Waals surface area contributed by atoms with Crippen molar-refractivity contribution in [3.8, 4) is 0 Å². The summed E-state index contributed by atoms with van der Waals surface area (Å²) in [5, 5.41) is 15.8. The van der Waals surface area contributed by atoms with Crippen LogP contribution in [0.4, 0.5) is 0 Å². The monoisotopic (exact) mass is 301 g/mol. The standard InChI is InChI=1S/C12H19N3O4S/c1-8-10(9(2)15-14-8)20(18,19)13-7-12(11(16)17)5-3-4-6-12/h13H,3-7H2,1-2H3,(H,14,15)(H,16,17). The summed E-state index contributed by atoms with van der Waals surface area (Å²) in [7, 11) is -3.74. The van der Waals surface area contributed by atoms with E-state index in [0.29, 0.717) is 24.2 Å². The number of carboxylic acid groups (broad SMARTS) is 1. The molecule has 8 heteroatoms. The molecule has 112 valence electrons. The van der Waals surface area contributed by atoms with Crippen LogP contribution in [-0.2, 0) is 14.8 Å². The number of hydrogen-bond acceptors (Lipinski definition) is 4. The summed E-state index contributed by atoms with van der Waals surface area (Å²) in [4.78, 5) is 11.5. The molecular formula is C12H19N3O4S. The minimum absolute atomic E-state index is 0.0747. The Morgan fingerprint density at radius 1 is 1.40 bits per heavy atom. The van der Waals surface area contributed by atoms with E-state index in [1.165, 1.54) is 0 Å². The van der Waals surface area contributed by atoms with E-state index in [-0.39, 0.29) is 11.4 Å². The van der Waals surface area contributed by atoms with Gasteiger partial charge in [-0.25, -0.2) is 13.1 Å². The largest absolute Gasteiger partial charge is 0.481 e. The summed E-state index contributed by atoms with van der Waals surface area (Å²) in [5.74, 6) is -0.932. The molecule has 0 amide bonds. The predicted molar refractivity (Wildman–Crippen MR) is 71.8 cm³/mol. The fourth-order valence-corrected chi connectivity index (χ4v) is 4.25. The molecule has 3 N–H and O–H groups in total. The van der Waals surface area contributed by atoms with Crippen LogP contribution in [0.25, 0.3) is 0 Å². The van der Waals surface area contributed by atoms with Crippen molar-refractivity contribution in [3.05, 3.63) is 11.4 Å². The lowest BCUT2D eigenvalue weighted by Crippen LogP contribution is -2.41. The van der Waals surface area contributed by atoms with Crippen molar-refractivity contribution >= 4 is 16.0 Å². The summed E-state index contributed by atoms with van der Waals surface area (Å²) >= 11 is 0. The van der Waals surface area contributed by atoms with Crippen molar-refractivity contribution in [2.24, 2.45) is 5.41 Å². The van der Waals surface area contributed by atoms with Crippen LogP contribution in [0.3, 0.4) is 0 Å². The highest BCUT2D eigenvalue weighted by atomic mass is 32.2. The number of H-pyrrole nitrogens is 1. The number of aromatic amines is 1. The fraction of sp³-hybridized carbons (Fsp3) is 0.667. The normalized spacial score (nSPS) is 18.3. The number of sulfonamides is 1. The number of aliphatic carboxylic acids is 1. The van der Waals surface area contributed by atoms with Crippen LogP contribution in [0.5, 0.6) is 0 Å². The molecule has 0 radical (unpaired) electrons. The Balaban J connectivity index is 2.20. The number of carboxylic acids is 1. The van der Waals surface area contributed by atoms with Crippen molar-refractivity contribution in [1.82, 2.24) is 14.9 Å². The van der Waals surface area contributed by atoms with Crippen LogP contribution in [0, 0.1) is 19.3 Å². The Bertz CT molecular complexity index is 595. The van der Waals surface area contributed by atoms with Crippen LogP contribution in [0.1, 0.15) is 37.1 Å². The first kappa shape index (κ1) is 15.0. The lowest BCUT2D eigenvalue weighted by atomic mass is 9.87. The van der Waals surface area contributed by atoms with Crippen molar-refractivity contribution in [3.63, 3.8) is 0 Å². The highest BCUT2D eigenvalue weighted by Crippen LogP contribution is 2.38. The van der Waals surface area contributed by atoms with E-state index in [4.69, 9.17) is 0 Å². The maximum absolute atomic E-state index is 12.3. The molecule has 0 aliphatic heterocycles. The number of nitrogens with one attached hydrogen (secondary N) is 2. The van der Waals surface area contributed by atoms with E-state index in [2.05, 4.69) is 14.9 Å². The summed E-state index contributed by atoms with van der Waals surface area (Å²) in [6.07, 6.45) is 2.65. The van der Waals surface area contributed by atoms with Gasteiger partial charge in [0.25, 0.3) is 0 Å². The van der Waals surface area contributed by atoms with Crippen molar-refractivity contribution < 1.29 is 18.3 Å². The Labute approximate surface area is 117 Å². The highest BCUT2D eigenvalue weighted by molar-refractivity contribution is 7.89. The average Bonchev–Trinajstić information content (AvgIpc) is 2.95. The van der Waals surface area contributed by atoms with Gasteiger partial charge in [-0.3, -0.25) is 9.89 Å². The second-order valence-corrected chi connectivity index (χ2v) is 7.08. The van der Waals surface area contributed by atoms with Gasteiger partial charge in [-0.1, -0.05) is 12.8 Å². The molecule has 0 unspecified atom stereocenters. The summed E-state index contributed by atoms with van der Waals surface area (Å²) < 4.78 is 27.0. The first-order valence-electron chi connectivity index (χ1n) is 6.53. The predicted octanol–water partition coefficient (Wildman–Crippen LogP) is 0.950. The molecule has 0 saturated heterocycles. The maximum Gasteiger partial charge on any atom is 0.310 e. The SMILES string of the molecule is Cc1n[nH]c(C)c1S(=O)(=O)NCC1(C(=O)O)CCCC1. The van der Waals surface area contributed by atoms with Crippen molar-refractivity contribution in [2.75, 3.05) is 6.54 Å².